The molecule has 144 valence electrons. The molecule has 0 radical (unpaired) electrons. The van der Waals surface area contributed by atoms with Crippen molar-refractivity contribution in [1.29, 1.82) is 0 Å². The summed E-state index contributed by atoms with van der Waals surface area (Å²) in [6, 6.07) is 19.6. The van der Waals surface area contributed by atoms with Gasteiger partial charge in [-0.2, -0.15) is 5.10 Å². The number of rotatable bonds is 6. The smallest absolute Gasteiger partial charge is 0.203 e. The molecule has 4 nitrogen and oxygen atoms in total. The summed E-state index contributed by atoms with van der Waals surface area (Å²) in [6.45, 7) is 4.60. The molecule has 2 heterocycles. The first-order chi connectivity index (χ1) is 13.8. The number of likely N-dealkylation sites (tertiary alicyclic amines) is 1. The van der Waals surface area contributed by atoms with E-state index in [9.17, 15) is 0 Å². The molecule has 1 aliphatic heterocycles. The molecule has 1 N–H and O–H groups in total. The first kappa shape index (κ1) is 18.8. The Morgan fingerprint density at radius 2 is 1.96 bits per heavy atom. The van der Waals surface area contributed by atoms with Gasteiger partial charge in [-0.15, -0.1) is 11.3 Å². The topological polar surface area (TPSA) is 40.5 Å². The largest absolute Gasteiger partial charge is 0.296 e. The second-order valence-corrected chi connectivity index (χ2v) is 8.19. The van der Waals surface area contributed by atoms with Crippen LogP contribution in [0.4, 0.5) is 5.13 Å². The third-order valence-electron chi connectivity index (χ3n) is 5.25. The average Bonchev–Trinajstić information content (AvgIpc) is 3.21. The Morgan fingerprint density at radius 3 is 2.75 bits per heavy atom. The van der Waals surface area contributed by atoms with Gasteiger partial charge in [-0.1, -0.05) is 61.0 Å². The molecule has 0 saturated carbocycles. The van der Waals surface area contributed by atoms with Crippen molar-refractivity contribution in [3.05, 3.63) is 71.1 Å². The molecule has 1 atom stereocenters. The molecular formula is C23H26N4S. The Labute approximate surface area is 170 Å². The van der Waals surface area contributed by atoms with E-state index in [1.165, 1.54) is 31.4 Å². The van der Waals surface area contributed by atoms with Crippen LogP contribution in [0, 0.1) is 0 Å². The van der Waals surface area contributed by atoms with Crippen LogP contribution in [0.15, 0.2) is 65.1 Å². The highest BCUT2D eigenvalue weighted by molar-refractivity contribution is 7.14. The minimum atomic E-state index is 0.693. The second kappa shape index (κ2) is 9.13. The van der Waals surface area contributed by atoms with E-state index in [4.69, 9.17) is 0 Å². The number of hydrazone groups is 1. The van der Waals surface area contributed by atoms with Crippen molar-refractivity contribution in [3.63, 3.8) is 0 Å². The van der Waals surface area contributed by atoms with E-state index >= 15 is 0 Å². The Bertz CT molecular complexity index is 902. The number of piperidine rings is 1. The predicted molar refractivity (Wildman–Crippen MR) is 119 cm³/mol. The third kappa shape index (κ3) is 4.86. The number of aromatic nitrogens is 1. The fourth-order valence-electron chi connectivity index (χ4n) is 3.56. The van der Waals surface area contributed by atoms with Crippen molar-refractivity contribution in [2.24, 2.45) is 5.10 Å². The van der Waals surface area contributed by atoms with Crippen molar-refractivity contribution >= 4 is 22.7 Å². The summed E-state index contributed by atoms with van der Waals surface area (Å²) in [7, 11) is 0. The zero-order chi connectivity index (χ0) is 19.2. The van der Waals surface area contributed by atoms with E-state index in [1.54, 1.807) is 11.3 Å². The van der Waals surface area contributed by atoms with Crippen LogP contribution >= 0.6 is 11.3 Å². The van der Waals surface area contributed by atoms with Crippen LogP contribution in [0.1, 0.15) is 37.3 Å². The van der Waals surface area contributed by atoms with Crippen molar-refractivity contribution in [3.8, 4) is 11.3 Å². The number of benzene rings is 2. The van der Waals surface area contributed by atoms with Crippen molar-refractivity contribution in [1.82, 2.24) is 9.88 Å². The Kier molecular flexibility index (Phi) is 6.14. The summed E-state index contributed by atoms with van der Waals surface area (Å²) >= 11 is 1.56. The number of hydrogen-bond donors (Lipinski definition) is 1. The number of anilines is 1. The van der Waals surface area contributed by atoms with E-state index in [0.29, 0.717) is 6.04 Å². The molecule has 1 aliphatic rings. The van der Waals surface area contributed by atoms with Gasteiger partial charge in [-0.3, -0.25) is 10.3 Å². The van der Waals surface area contributed by atoms with Crippen molar-refractivity contribution in [2.45, 2.75) is 38.8 Å². The zero-order valence-electron chi connectivity index (χ0n) is 16.2. The monoisotopic (exact) mass is 390 g/mol. The predicted octanol–water partition coefficient (Wildman–Crippen LogP) is 5.63. The number of hydrogen-bond acceptors (Lipinski definition) is 5. The van der Waals surface area contributed by atoms with Crippen molar-refractivity contribution < 1.29 is 0 Å². The van der Waals surface area contributed by atoms with Crippen LogP contribution in [0.5, 0.6) is 0 Å². The van der Waals surface area contributed by atoms with Crippen LogP contribution in [-0.2, 0) is 6.54 Å². The SMILES string of the molecule is CC1CCCCN1Cc1ccc(C=NNc2nc(-c3ccccc3)cs2)cc1. The average molecular weight is 391 g/mol. The quantitative estimate of drug-likeness (QED) is 0.438. The highest BCUT2D eigenvalue weighted by atomic mass is 32.1. The summed E-state index contributed by atoms with van der Waals surface area (Å²) in [5.41, 5.74) is 7.58. The van der Waals surface area contributed by atoms with E-state index in [0.717, 1.165) is 28.5 Å². The number of thiazole rings is 1. The van der Waals surface area contributed by atoms with Crippen molar-refractivity contribution in [2.75, 3.05) is 12.0 Å². The highest BCUT2D eigenvalue weighted by Crippen LogP contribution is 2.24. The van der Waals surface area contributed by atoms with Crippen LogP contribution in [-0.4, -0.2) is 28.7 Å². The minimum Gasteiger partial charge on any atom is -0.296 e. The first-order valence-electron chi connectivity index (χ1n) is 9.91. The summed E-state index contributed by atoms with van der Waals surface area (Å²) < 4.78 is 0. The molecule has 4 rings (SSSR count). The number of nitrogens with one attached hydrogen (secondary N) is 1. The first-order valence-corrected chi connectivity index (χ1v) is 10.8. The lowest BCUT2D eigenvalue weighted by Gasteiger charge is -2.33. The lowest BCUT2D eigenvalue weighted by molar-refractivity contribution is 0.152. The maximum atomic E-state index is 4.59. The number of nitrogens with zero attached hydrogens (tertiary/aromatic N) is 3. The van der Waals surface area contributed by atoms with Gasteiger partial charge in [-0.25, -0.2) is 4.98 Å². The van der Waals surface area contributed by atoms with Gasteiger partial charge in [0.2, 0.25) is 5.13 Å². The van der Waals surface area contributed by atoms with Crippen LogP contribution in [0.3, 0.4) is 0 Å². The molecule has 2 aromatic carbocycles. The van der Waals surface area contributed by atoms with Gasteiger partial charge in [0.15, 0.2) is 0 Å². The summed E-state index contributed by atoms with van der Waals surface area (Å²) in [5.74, 6) is 0. The molecule has 0 spiro atoms. The molecule has 5 heteroatoms. The van der Waals surface area contributed by atoms with Gasteiger partial charge in [0.25, 0.3) is 0 Å². The Balaban J connectivity index is 1.32. The van der Waals surface area contributed by atoms with Crippen LogP contribution in [0.2, 0.25) is 0 Å². The molecule has 1 saturated heterocycles. The fourth-order valence-corrected chi connectivity index (χ4v) is 4.23. The van der Waals surface area contributed by atoms with Crippen LogP contribution < -0.4 is 5.43 Å². The van der Waals surface area contributed by atoms with Gasteiger partial charge in [-0.05, 0) is 37.4 Å². The molecule has 1 aromatic heterocycles. The van der Waals surface area contributed by atoms with Gasteiger partial charge in [0, 0.05) is 23.5 Å². The standard InChI is InChI=1S/C23H26N4S/c1-18-7-5-6-14-27(18)16-20-12-10-19(11-13-20)15-24-26-23-25-22(17-28-23)21-8-3-2-4-9-21/h2-4,8-13,15,17-18H,5-7,14,16H2,1H3,(H,25,26). The molecule has 0 aliphatic carbocycles. The summed E-state index contributed by atoms with van der Waals surface area (Å²) in [4.78, 5) is 7.17. The normalized spacial score (nSPS) is 17.8. The van der Waals surface area contributed by atoms with Crippen LogP contribution in [0.25, 0.3) is 11.3 Å². The van der Waals surface area contributed by atoms with E-state index in [1.807, 2.05) is 29.8 Å². The highest BCUT2D eigenvalue weighted by Gasteiger charge is 2.17. The molecule has 28 heavy (non-hydrogen) atoms. The summed E-state index contributed by atoms with van der Waals surface area (Å²) in [5, 5.41) is 7.18. The second-order valence-electron chi connectivity index (χ2n) is 7.33. The maximum Gasteiger partial charge on any atom is 0.203 e. The van der Waals surface area contributed by atoms with Gasteiger partial charge >= 0.3 is 0 Å². The molecule has 3 aromatic rings. The lowest BCUT2D eigenvalue weighted by Crippen LogP contribution is -2.36. The fraction of sp³-hybridized carbons (Fsp3) is 0.304. The Hall–Kier alpha value is -2.50. The van der Waals surface area contributed by atoms with E-state index in [2.05, 4.69) is 63.7 Å². The van der Waals surface area contributed by atoms with Gasteiger partial charge < -0.3 is 0 Å². The van der Waals surface area contributed by atoms with E-state index < -0.39 is 0 Å². The molecule has 0 amide bonds. The molecule has 0 bridgehead atoms. The molecule has 1 fully saturated rings. The maximum absolute atomic E-state index is 4.59. The van der Waals surface area contributed by atoms with Gasteiger partial charge in [0.05, 0.1) is 11.9 Å². The third-order valence-corrected chi connectivity index (χ3v) is 6.00. The zero-order valence-corrected chi connectivity index (χ0v) is 17.0. The molecular weight excluding hydrogens is 364 g/mol. The molecule has 1 unspecified atom stereocenters. The lowest BCUT2D eigenvalue weighted by atomic mass is 10.0. The van der Waals surface area contributed by atoms with E-state index in [-0.39, 0.29) is 0 Å². The summed E-state index contributed by atoms with van der Waals surface area (Å²) in [6.07, 6.45) is 5.85. The minimum absolute atomic E-state index is 0.693. The van der Waals surface area contributed by atoms with Gasteiger partial charge in [0.1, 0.15) is 0 Å². The Morgan fingerprint density at radius 1 is 1.14 bits per heavy atom.